The summed E-state index contributed by atoms with van der Waals surface area (Å²) in [5.74, 6) is -0.247. The van der Waals surface area contributed by atoms with Gasteiger partial charge in [0.2, 0.25) is 5.89 Å². The molecule has 0 saturated carbocycles. The maximum atomic E-state index is 13.4. The van der Waals surface area contributed by atoms with Crippen LogP contribution >= 0.6 is 0 Å². The van der Waals surface area contributed by atoms with Crippen LogP contribution < -0.4 is 5.63 Å². The summed E-state index contributed by atoms with van der Waals surface area (Å²) in [7, 11) is 0. The van der Waals surface area contributed by atoms with Crippen LogP contribution in [-0.4, -0.2) is 4.98 Å². The summed E-state index contributed by atoms with van der Waals surface area (Å²) in [6.07, 6.45) is 0. The fourth-order valence-electron chi connectivity index (χ4n) is 2.49. The SMILES string of the molecule is Cc1cc(F)cc2oc(=O)c(-c3nc4ccccc4o3)cc12. The van der Waals surface area contributed by atoms with Gasteiger partial charge in [0.15, 0.2) is 5.58 Å². The van der Waals surface area contributed by atoms with E-state index in [0.29, 0.717) is 22.0 Å². The molecule has 0 aliphatic rings. The number of hydrogen-bond donors (Lipinski definition) is 0. The van der Waals surface area contributed by atoms with Gasteiger partial charge in [-0.15, -0.1) is 0 Å². The summed E-state index contributed by atoms with van der Waals surface area (Å²) in [6.45, 7) is 1.75. The van der Waals surface area contributed by atoms with Gasteiger partial charge in [-0.3, -0.25) is 0 Å². The monoisotopic (exact) mass is 295 g/mol. The first-order valence-corrected chi connectivity index (χ1v) is 6.72. The van der Waals surface area contributed by atoms with Crippen molar-refractivity contribution >= 4 is 22.1 Å². The highest BCUT2D eigenvalue weighted by molar-refractivity contribution is 5.84. The Morgan fingerprint density at radius 1 is 1.05 bits per heavy atom. The van der Waals surface area contributed by atoms with Crippen LogP contribution in [0.3, 0.4) is 0 Å². The molecule has 108 valence electrons. The van der Waals surface area contributed by atoms with Crippen molar-refractivity contribution in [2.75, 3.05) is 0 Å². The van der Waals surface area contributed by atoms with Gasteiger partial charge in [-0.25, -0.2) is 14.2 Å². The number of fused-ring (bicyclic) bond motifs is 2. The number of aromatic nitrogens is 1. The Hall–Kier alpha value is -2.95. The Bertz CT molecular complexity index is 1050. The molecule has 2 heterocycles. The lowest BCUT2D eigenvalue weighted by Gasteiger charge is -2.02. The summed E-state index contributed by atoms with van der Waals surface area (Å²) in [4.78, 5) is 16.4. The molecular formula is C17H10FNO3. The molecule has 0 unspecified atom stereocenters. The third-order valence-electron chi connectivity index (χ3n) is 3.55. The van der Waals surface area contributed by atoms with E-state index in [2.05, 4.69) is 4.98 Å². The second-order valence-electron chi connectivity index (χ2n) is 5.07. The van der Waals surface area contributed by atoms with Gasteiger partial charge in [-0.05, 0) is 36.8 Å². The molecule has 4 aromatic rings. The summed E-state index contributed by atoms with van der Waals surface area (Å²) >= 11 is 0. The highest BCUT2D eigenvalue weighted by atomic mass is 19.1. The Morgan fingerprint density at radius 3 is 2.68 bits per heavy atom. The molecule has 0 spiro atoms. The van der Waals surface area contributed by atoms with Gasteiger partial charge in [-0.2, -0.15) is 0 Å². The van der Waals surface area contributed by atoms with Crippen molar-refractivity contribution < 1.29 is 13.2 Å². The average Bonchev–Trinajstić information content (AvgIpc) is 2.89. The number of benzene rings is 2. The normalized spacial score (nSPS) is 11.4. The van der Waals surface area contributed by atoms with E-state index in [-0.39, 0.29) is 17.0 Å². The molecule has 0 amide bonds. The predicted molar refractivity (Wildman–Crippen MR) is 80.2 cm³/mol. The molecule has 0 fully saturated rings. The van der Waals surface area contributed by atoms with E-state index in [9.17, 15) is 9.18 Å². The van der Waals surface area contributed by atoms with Gasteiger partial charge in [0.25, 0.3) is 0 Å². The summed E-state index contributed by atoms with van der Waals surface area (Å²) in [5.41, 5.74) is 1.75. The minimum atomic E-state index is -0.607. The first-order valence-electron chi connectivity index (χ1n) is 6.72. The van der Waals surface area contributed by atoms with Crippen molar-refractivity contribution in [1.29, 1.82) is 0 Å². The molecule has 0 bridgehead atoms. The van der Waals surface area contributed by atoms with Crippen LogP contribution in [0.25, 0.3) is 33.5 Å². The summed E-state index contributed by atoms with van der Waals surface area (Å²) < 4.78 is 24.2. The molecule has 0 atom stereocenters. The van der Waals surface area contributed by atoms with E-state index < -0.39 is 11.4 Å². The molecule has 0 N–H and O–H groups in total. The Labute approximate surface area is 123 Å². The average molecular weight is 295 g/mol. The van der Waals surface area contributed by atoms with E-state index in [1.165, 1.54) is 12.1 Å². The lowest BCUT2D eigenvalue weighted by molar-refractivity contribution is 0.547. The molecule has 0 aliphatic heterocycles. The number of hydrogen-bond acceptors (Lipinski definition) is 4. The Kier molecular flexibility index (Phi) is 2.63. The number of nitrogens with zero attached hydrogens (tertiary/aromatic N) is 1. The van der Waals surface area contributed by atoms with Gasteiger partial charge < -0.3 is 8.83 Å². The van der Waals surface area contributed by atoms with Crippen LogP contribution in [0.2, 0.25) is 0 Å². The van der Waals surface area contributed by atoms with Crippen LogP contribution in [0, 0.1) is 12.7 Å². The number of oxazole rings is 1. The van der Waals surface area contributed by atoms with Gasteiger partial charge >= 0.3 is 5.63 Å². The van der Waals surface area contributed by atoms with Crippen molar-refractivity contribution in [1.82, 2.24) is 4.98 Å². The third kappa shape index (κ3) is 1.90. The summed E-state index contributed by atoms with van der Waals surface area (Å²) in [5, 5.41) is 0.651. The van der Waals surface area contributed by atoms with Crippen molar-refractivity contribution in [2.24, 2.45) is 0 Å². The molecule has 2 aromatic carbocycles. The second-order valence-corrected chi connectivity index (χ2v) is 5.07. The van der Waals surface area contributed by atoms with E-state index in [1.54, 1.807) is 25.1 Å². The molecule has 4 nitrogen and oxygen atoms in total. The highest BCUT2D eigenvalue weighted by Crippen LogP contribution is 2.26. The van der Waals surface area contributed by atoms with E-state index >= 15 is 0 Å². The number of aryl methyl sites for hydroxylation is 1. The minimum absolute atomic E-state index is 0.195. The number of rotatable bonds is 1. The minimum Gasteiger partial charge on any atom is -0.436 e. The highest BCUT2D eigenvalue weighted by Gasteiger charge is 2.15. The summed E-state index contributed by atoms with van der Waals surface area (Å²) in [6, 6.07) is 11.4. The first-order chi connectivity index (χ1) is 10.6. The van der Waals surface area contributed by atoms with Crippen LogP contribution in [-0.2, 0) is 0 Å². The first kappa shape index (κ1) is 12.8. The lowest BCUT2D eigenvalue weighted by Crippen LogP contribution is -2.03. The lowest BCUT2D eigenvalue weighted by atomic mass is 10.1. The van der Waals surface area contributed by atoms with Gasteiger partial charge in [0.1, 0.15) is 22.5 Å². The zero-order valence-corrected chi connectivity index (χ0v) is 11.6. The Balaban J connectivity index is 2.02. The van der Waals surface area contributed by atoms with Crippen molar-refractivity contribution in [3.63, 3.8) is 0 Å². The van der Waals surface area contributed by atoms with Crippen LogP contribution in [0.4, 0.5) is 4.39 Å². The Morgan fingerprint density at radius 2 is 1.86 bits per heavy atom. The zero-order valence-electron chi connectivity index (χ0n) is 11.6. The van der Waals surface area contributed by atoms with Crippen molar-refractivity contribution in [2.45, 2.75) is 6.92 Å². The predicted octanol–water partition coefficient (Wildman–Crippen LogP) is 4.05. The molecule has 2 aromatic heterocycles. The van der Waals surface area contributed by atoms with Crippen molar-refractivity contribution in [3.05, 3.63) is 64.3 Å². The largest absolute Gasteiger partial charge is 0.436 e. The van der Waals surface area contributed by atoms with Gasteiger partial charge in [0.05, 0.1) is 0 Å². The topological polar surface area (TPSA) is 56.2 Å². The molecule has 22 heavy (non-hydrogen) atoms. The number of para-hydroxylation sites is 2. The fourth-order valence-corrected chi connectivity index (χ4v) is 2.49. The molecule has 4 rings (SSSR count). The third-order valence-corrected chi connectivity index (χ3v) is 3.55. The quantitative estimate of drug-likeness (QED) is 0.497. The zero-order chi connectivity index (χ0) is 15.3. The fraction of sp³-hybridized carbons (Fsp3) is 0.0588. The maximum absolute atomic E-state index is 13.4. The van der Waals surface area contributed by atoms with Crippen LogP contribution in [0.5, 0.6) is 0 Å². The smallest absolute Gasteiger partial charge is 0.349 e. The van der Waals surface area contributed by atoms with Crippen molar-refractivity contribution in [3.8, 4) is 11.5 Å². The molecule has 0 saturated heterocycles. The maximum Gasteiger partial charge on any atom is 0.349 e. The molecule has 0 radical (unpaired) electrons. The van der Waals surface area contributed by atoms with Gasteiger partial charge in [-0.1, -0.05) is 12.1 Å². The molecular weight excluding hydrogens is 285 g/mol. The second kappa shape index (κ2) is 4.53. The standard InChI is InChI=1S/C17H10FNO3/c1-9-6-10(18)7-15-11(9)8-12(17(20)22-15)16-19-13-4-2-3-5-14(13)21-16/h2-8H,1H3. The van der Waals surface area contributed by atoms with Crippen LogP contribution in [0.1, 0.15) is 5.56 Å². The van der Waals surface area contributed by atoms with Gasteiger partial charge in [0, 0.05) is 11.5 Å². The molecule has 0 aliphatic carbocycles. The van der Waals surface area contributed by atoms with Crippen LogP contribution in [0.15, 0.2) is 56.1 Å². The number of halogens is 1. The van der Waals surface area contributed by atoms with E-state index in [1.807, 2.05) is 12.1 Å². The van der Waals surface area contributed by atoms with E-state index in [0.717, 1.165) is 0 Å². The molecule has 5 heteroatoms. The van der Waals surface area contributed by atoms with E-state index in [4.69, 9.17) is 8.83 Å².